The molecule has 0 fully saturated rings. The first-order valence-corrected chi connectivity index (χ1v) is 35.6. The zero-order valence-electron chi connectivity index (χ0n) is 61.0. The fourth-order valence-electron chi connectivity index (χ4n) is 15.4. The van der Waals surface area contributed by atoms with E-state index in [4.69, 9.17) is 14.2 Å². The number of methoxy groups -OCH3 is 3. The first-order valence-electron chi connectivity index (χ1n) is 35.6. The molecule has 0 saturated heterocycles. The fraction of sp³-hybridized carbons (Fsp3) is 0.0882. The number of ether oxygens (including phenoxy) is 3. The molecule has 6 heteroatoms. The van der Waals surface area contributed by atoms with Crippen LogP contribution < -0.4 is 0 Å². The van der Waals surface area contributed by atoms with Crippen LogP contribution in [0.25, 0.3) is 97.0 Å². The molecule has 0 aliphatic rings. The highest BCUT2D eigenvalue weighted by Crippen LogP contribution is 2.43. The third-order valence-electron chi connectivity index (χ3n) is 20.4. The number of carbonyl (C=O) groups is 3. The number of aryl methyl sites for hydroxylation is 6. The molecule has 0 bridgehead atoms. The van der Waals surface area contributed by atoms with Crippen molar-refractivity contribution in [2.75, 3.05) is 21.3 Å². The number of rotatable bonds is 3. The lowest BCUT2D eigenvalue weighted by atomic mass is 9.87. The van der Waals surface area contributed by atoms with Crippen molar-refractivity contribution in [2.45, 2.75) is 41.5 Å². The van der Waals surface area contributed by atoms with E-state index in [1.807, 2.05) is 36.4 Å². The lowest BCUT2D eigenvalue weighted by Crippen LogP contribution is -2.00. The summed E-state index contributed by atoms with van der Waals surface area (Å²) in [5, 5.41) is 19.3. The SMILES string of the molecule is COC(=O)c1cccc(C#Cc2cc3cc(C#Cc4cc(C#Cc5cc6cc(C#Cc7cccc(C(=O)OC)c7)c7cccc(C)c7c6c6c(C)cccc56)cc(C#Cc5cc6cc(C#Cc7cccc(C(=O)OC)c7)c7cccc(C)c7c6c6c(C)cccc56)c4)c4cccc(C)c4c3c3c(C)cccc23)c1. The second-order valence-electron chi connectivity index (χ2n) is 27.3. The topological polar surface area (TPSA) is 78.9 Å². The predicted molar refractivity (Wildman–Crippen MR) is 441 cm³/mol. The molecular formula is C102H66O6. The number of hydrogen-bond acceptors (Lipinski definition) is 6. The molecule has 0 aliphatic carbocycles. The van der Waals surface area contributed by atoms with Crippen molar-refractivity contribution in [1.82, 2.24) is 0 Å². The van der Waals surface area contributed by atoms with Gasteiger partial charge in [0.15, 0.2) is 0 Å². The third-order valence-corrected chi connectivity index (χ3v) is 20.4. The van der Waals surface area contributed by atoms with Crippen LogP contribution in [-0.4, -0.2) is 39.2 Å². The Balaban J connectivity index is 0.894. The van der Waals surface area contributed by atoms with Gasteiger partial charge in [0.05, 0.1) is 38.0 Å². The molecule has 0 atom stereocenters. The molecule has 0 N–H and O–H groups in total. The maximum absolute atomic E-state index is 12.6. The van der Waals surface area contributed by atoms with Crippen LogP contribution in [0.5, 0.6) is 0 Å². The average Bonchev–Trinajstić information content (AvgIpc) is 0.741. The molecule has 0 radical (unpaired) electrons. The van der Waals surface area contributed by atoms with Crippen LogP contribution in [0, 0.1) is 113 Å². The van der Waals surface area contributed by atoms with Crippen molar-refractivity contribution in [3.63, 3.8) is 0 Å². The van der Waals surface area contributed by atoms with Crippen LogP contribution in [0.2, 0.25) is 0 Å². The van der Waals surface area contributed by atoms with Gasteiger partial charge in [-0.15, -0.1) is 0 Å². The Kier molecular flexibility index (Phi) is 17.9. The van der Waals surface area contributed by atoms with E-state index in [9.17, 15) is 14.4 Å². The van der Waals surface area contributed by atoms with Gasteiger partial charge in [-0.05, 0) is 281 Å². The summed E-state index contributed by atoms with van der Waals surface area (Å²) in [6.07, 6.45) is 0. The summed E-state index contributed by atoms with van der Waals surface area (Å²) in [5.74, 6) is 41.5. The second-order valence-corrected chi connectivity index (χ2v) is 27.3. The fourth-order valence-corrected chi connectivity index (χ4v) is 15.4. The Hall–Kier alpha value is -14.4. The van der Waals surface area contributed by atoms with Gasteiger partial charge in [-0.1, -0.05) is 198 Å². The second kappa shape index (κ2) is 28.3. The Labute approximate surface area is 626 Å². The van der Waals surface area contributed by atoms with E-state index in [2.05, 4.69) is 276 Å². The summed E-state index contributed by atoms with van der Waals surface area (Å²) in [4.78, 5) is 37.8. The largest absolute Gasteiger partial charge is 0.465 e. The van der Waals surface area contributed by atoms with Gasteiger partial charge in [0.25, 0.3) is 0 Å². The smallest absolute Gasteiger partial charge is 0.337 e. The first-order chi connectivity index (χ1) is 52.6. The van der Waals surface area contributed by atoms with E-state index in [1.165, 1.54) is 21.3 Å². The van der Waals surface area contributed by atoms with Crippen molar-refractivity contribution < 1.29 is 28.6 Å². The van der Waals surface area contributed by atoms with Crippen molar-refractivity contribution >= 4 is 115 Å². The number of hydrogen-bond donors (Lipinski definition) is 0. The Morgan fingerprint density at radius 3 is 0.611 bits per heavy atom. The summed E-state index contributed by atoms with van der Waals surface area (Å²) >= 11 is 0. The van der Waals surface area contributed by atoms with E-state index in [0.29, 0.717) is 33.4 Å². The Morgan fingerprint density at radius 1 is 0.213 bits per heavy atom. The Morgan fingerprint density at radius 2 is 0.407 bits per heavy atom. The summed E-state index contributed by atoms with van der Waals surface area (Å²) in [5.41, 5.74) is 17.4. The number of fused-ring (bicyclic) bond motifs is 15. The molecule has 6 nitrogen and oxygen atoms in total. The van der Waals surface area contributed by atoms with Crippen LogP contribution in [-0.2, 0) is 14.2 Å². The highest BCUT2D eigenvalue weighted by Gasteiger charge is 2.20. The van der Waals surface area contributed by atoms with E-state index < -0.39 is 17.9 Å². The molecule has 16 aromatic rings. The zero-order valence-corrected chi connectivity index (χ0v) is 61.0. The lowest BCUT2D eigenvalue weighted by molar-refractivity contribution is 0.0592. The molecule has 510 valence electrons. The molecule has 16 aromatic carbocycles. The minimum absolute atomic E-state index is 0.420. The van der Waals surface area contributed by atoms with E-state index in [-0.39, 0.29) is 0 Å². The van der Waals surface area contributed by atoms with Crippen molar-refractivity contribution in [3.8, 4) is 71.0 Å². The normalized spacial score (nSPS) is 10.9. The van der Waals surface area contributed by atoms with Gasteiger partial charge < -0.3 is 14.2 Å². The summed E-state index contributed by atoms with van der Waals surface area (Å²) in [6, 6.07) is 79.3. The lowest BCUT2D eigenvalue weighted by Gasteiger charge is -2.15. The van der Waals surface area contributed by atoms with E-state index in [1.54, 1.807) is 36.4 Å². The standard InChI is InChI=1S/C102H66O6/c1-61-19-10-31-85-73(43-37-67-25-16-28-79(52-67)100(103)106-7)55-82-58-76(88-34-13-22-64(4)94(88)97(82)91(61)85)46-40-70-49-71(41-47-77-59-83-56-74(44-38-68-26-17-29-80(53-68)101(104)107-8)86-32-11-20-62(2)92(86)98(83)95-65(5)23-14-35-89(77)95)51-72(50-70)42-48-78-60-84-57-75(45-39-69-27-18-30-81(54-69)102(105)108-9)87-33-12-21-63(3)93(87)99(84)96-66(6)24-15-36-90(78)96/h10-36,49-60H,1-9H3. The van der Waals surface area contributed by atoms with Crippen LogP contribution >= 0.6 is 0 Å². The monoisotopic (exact) mass is 1390 g/mol. The van der Waals surface area contributed by atoms with Crippen molar-refractivity contribution in [3.05, 3.63) is 353 Å². The van der Waals surface area contributed by atoms with Crippen LogP contribution in [0.1, 0.15) is 131 Å². The van der Waals surface area contributed by atoms with Gasteiger partial charge in [0, 0.05) is 66.8 Å². The molecule has 0 amide bonds. The van der Waals surface area contributed by atoms with Gasteiger partial charge in [-0.3, -0.25) is 0 Å². The summed E-state index contributed by atoms with van der Waals surface area (Å²) < 4.78 is 15.1. The molecule has 0 unspecified atom stereocenters. The first kappa shape index (κ1) is 68.1. The molecular weight excluding hydrogens is 1320 g/mol. The number of esters is 3. The van der Waals surface area contributed by atoms with Gasteiger partial charge in [0.2, 0.25) is 0 Å². The Bertz CT molecular complexity index is 6420. The molecule has 0 heterocycles. The molecule has 0 aliphatic heterocycles. The number of benzene rings is 16. The maximum atomic E-state index is 12.6. The van der Waals surface area contributed by atoms with Crippen LogP contribution in [0.3, 0.4) is 0 Å². The zero-order chi connectivity index (χ0) is 74.4. The maximum Gasteiger partial charge on any atom is 0.337 e. The minimum Gasteiger partial charge on any atom is -0.465 e. The quantitative estimate of drug-likeness (QED) is 0.0759. The van der Waals surface area contributed by atoms with E-state index in [0.717, 1.165) is 180 Å². The van der Waals surface area contributed by atoms with Crippen molar-refractivity contribution in [2.24, 2.45) is 0 Å². The van der Waals surface area contributed by atoms with Crippen LogP contribution in [0.4, 0.5) is 0 Å². The highest BCUT2D eigenvalue weighted by molar-refractivity contribution is 6.27. The van der Waals surface area contributed by atoms with E-state index >= 15 is 0 Å². The van der Waals surface area contributed by atoms with Gasteiger partial charge >= 0.3 is 17.9 Å². The highest BCUT2D eigenvalue weighted by atomic mass is 16.5. The minimum atomic E-state index is -0.420. The molecule has 0 aromatic heterocycles. The molecule has 16 rings (SSSR count). The average molecular weight is 1390 g/mol. The molecule has 0 spiro atoms. The summed E-state index contributed by atoms with van der Waals surface area (Å²) in [7, 11) is 4.14. The number of carbonyl (C=O) groups excluding carboxylic acids is 3. The van der Waals surface area contributed by atoms with Crippen LogP contribution in [0.15, 0.2) is 237 Å². The van der Waals surface area contributed by atoms with Crippen molar-refractivity contribution in [1.29, 1.82) is 0 Å². The van der Waals surface area contributed by atoms with Gasteiger partial charge in [-0.2, -0.15) is 0 Å². The molecule has 108 heavy (non-hydrogen) atoms. The summed E-state index contributed by atoms with van der Waals surface area (Å²) in [6.45, 7) is 13.0. The third kappa shape index (κ3) is 12.7. The van der Waals surface area contributed by atoms with Gasteiger partial charge in [-0.25, -0.2) is 14.4 Å². The van der Waals surface area contributed by atoms with Gasteiger partial charge in [0.1, 0.15) is 0 Å². The predicted octanol–water partition coefficient (Wildman–Crippen LogP) is 21.7. The molecule has 0 saturated carbocycles.